The molecule has 0 spiro atoms. The first-order valence-electron chi connectivity index (χ1n) is 5.93. The van der Waals surface area contributed by atoms with Crippen LogP contribution in [0.5, 0.6) is 0 Å². The molecule has 0 amide bonds. The number of nitrogens with one attached hydrogen (secondary N) is 1. The SMILES string of the molecule is Cc1ccc(C2=NNC(C)(c3ccc(Br)s3)S2)cc1. The van der Waals surface area contributed by atoms with E-state index in [0.717, 1.165) is 8.83 Å². The summed E-state index contributed by atoms with van der Waals surface area (Å²) in [5.74, 6) is 0. The van der Waals surface area contributed by atoms with Gasteiger partial charge in [0.15, 0.2) is 0 Å². The first-order valence-corrected chi connectivity index (χ1v) is 8.36. The third-order valence-corrected chi connectivity index (χ3v) is 6.23. The zero-order valence-electron chi connectivity index (χ0n) is 10.6. The van der Waals surface area contributed by atoms with Gasteiger partial charge in [0.2, 0.25) is 0 Å². The van der Waals surface area contributed by atoms with E-state index in [1.807, 2.05) is 0 Å². The van der Waals surface area contributed by atoms with Crippen LogP contribution in [0.1, 0.15) is 22.9 Å². The van der Waals surface area contributed by atoms with Crippen LogP contribution in [-0.4, -0.2) is 5.04 Å². The third kappa shape index (κ3) is 2.59. The average Bonchev–Trinajstić information content (AvgIpc) is 2.98. The molecular formula is C14H13BrN2S2. The molecule has 2 nitrogen and oxygen atoms in total. The number of benzene rings is 1. The molecular weight excluding hydrogens is 340 g/mol. The highest BCUT2D eigenvalue weighted by Crippen LogP contribution is 2.43. The summed E-state index contributed by atoms with van der Waals surface area (Å²) < 4.78 is 1.15. The number of halogens is 1. The summed E-state index contributed by atoms with van der Waals surface area (Å²) in [6.07, 6.45) is 0. The van der Waals surface area contributed by atoms with Crippen LogP contribution in [0.25, 0.3) is 0 Å². The van der Waals surface area contributed by atoms with Crippen molar-refractivity contribution in [1.29, 1.82) is 0 Å². The van der Waals surface area contributed by atoms with Gasteiger partial charge in [0.05, 0.1) is 3.79 Å². The molecule has 2 heterocycles. The van der Waals surface area contributed by atoms with E-state index in [1.54, 1.807) is 23.1 Å². The highest BCUT2D eigenvalue weighted by atomic mass is 79.9. The number of thioether (sulfide) groups is 1. The largest absolute Gasteiger partial charge is 0.287 e. The highest BCUT2D eigenvalue weighted by molar-refractivity contribution is 9.11. The Morgan fingerprint density at radius 3 is 2.53 bits per heavy atom. The highest BCUT2D eigenvalue weighted by Gasteiger charge is 2.35. The fourth-order valence-electron chi connectivity index (χ4n) is 1.89. The van der Waals surface area contributed by atoms with Crippen LogP contribution in [0.2, 0.25) is 0 Å². The third-order valence-electron chi connectivity index (χ3n) is 3.01. The lowest BCUT2D eigenvalue weighted by Crippen LogP contribution is -2.27. The van der Waals surface area contributed by atoms with Gasteiger partial charge in [-0.15, -0.1) is 11.3 Å². The number of thiophene rings is 1. The summed E-state index contributed by atoms with van der Waals surface area (Å²) in [7, 11) is 0. The molecule has 3 rings (SSSR count). The van der Waals surface area contributed by atoms with Gasteiger partial charge in [0, 0.05) is 10.4 Å². The fourth-order valence-corrected chi connectivity index (χ4v) is 4.51. The lowest BCUT2D eigenvalue weighted by Gasteiger charge is -2.20. The van der Waals surface area contributed by atoms with E-state index in [1.165, 1.54) is 16.0 Å². The molecule has 1 unspecified atom stereocenters. The summed E-state index contributed by atoms with van der Waals surface area (Å²) in [6.45, 7) is 4.26. The second kappa shape index (κ2) is 4.96. The first kappa shape index (κ1) is 13.2. The van der Waals surface area contributed by atoms with Crippen molar-refractivity contribution in [3.05, 3.63) is 56.2 Å². The minimum Gasteiger partial charge on any atom is -0.287 e. The van der Waals surface area contributed by atoms with E-state index < -0.39 is 0 Å². The molecule has 0 aliphatic carbocycles. The van der Waals surface area contributed by atoms with Gasteiger partial charge in [-0.1, -0.05) is 41.6 Å². The van der Waals surface area contributed by atoms with E-state index in [2.05, 4.69) is 76.7 Å². The predicted octanol–water partition coefficient (Wildman–Crippen LogP) is 4.69. The maximum atomic E-state index is 4.50. The smallest absolute Gasteiger partial charge is 0.137 e. The molecule has 0 radical (unpaired) electrons. The molecule has 0 saturated heterocycles. The van der Waals surface area contributed by atoms with Crippen molar-refractivity contribution in [2.75, 3.05) is 0 Å². The minimum absolute atomic E-state index is 0.170. The van der Waals surface area contributed by atoms with Gasteiger partial charge in [0.25, 0.3) is 0 Å². The molecule has 19 heavy (non-hydrogen) atoms. The molecule has 5 heteroatoms. The Kier molecular flexibility index (Phi) is 3.45. The predicted molar refractivity (Wildman–Crippen MR) is 87.8 cm³/mol. The van der Waals surface area contributed by atoms with Crippen molar-refractivity contribution in [3.63, 3.8) is 0 Å². The topological polar surface area (TPSA) is 24.4 Å². The van der Waals surface area contributed by atoms with E-state index in [0.29, 0.717) is 0 Å². The number of hydrazone groups is 1. The molecule has 98 valence electrons. The number of hydrogen-bond donors (Lipinski definition) is 1. The molecule has 1 aliphatic heterocycles. The lowest BCUT2D eigenvalue weighted by molar-refractivity contribution is 0.573. The van der Waals surface area contributed by atoms with Crippen molar-refractivity contribution in [2.45, 2.75) is 18.7 Å². The summed E-state index contributed by atoms with van der Waals surface area (Å²) >= 11 is 7.03. The van der Waals surface area contributed by atoms with Crippen molar-refractivity contribution >= 4 is 44.1 Å². The molecule has 1 atom stereocenters. The van der Waals surface area contributed by atoms with Crippen LogP contribution in [0, 0.1) is 6.92 Å². The van der Waals surface area contributed by atoms with Crippen LogP contribution in [-0.2, 0) is 4.87 Å². The van der Waals surface area contributed by atoms with E-state index in [9.17, 15) is 0 Å². The van der Waals surface area contributed by atoms with Crippen molar-refractivity contribution < 1.29 is 0 Å². The Morgan fingerprint density at radius 2 is 1.89 bits per heavy atom. The molecule has 0 saturated carbocycles. The standard InChI is InChI=1S/C14H13BrN2S2/c1-9-3-5-10(6-4-9)13-16-17-14(2,19-13)11-7-8-12(15)18-11/h3-8,17H,1-2H3. The Morgan fingerprint density at radius 1 is 1.16 bits per heavy atom. The lowest BCUT2D eigenvalue weighted by atomic mass is 10.2. The molecule has 2 aromatic rings. The Balaban J connectivity index is 1.84. The van der Waals surface area contributed by atoms with Crippen LogP contribution >= 0.6 is 39.0 Å². The van der Waals surface area contributed by atoms with Crippen molar-refractivity contribution in [3.8, 4) is 0 Å². The summed E-state index contributed by atoms with van der Waals surface area (Å²) in [4.78, 5) is 1.10. The maximum Gasteiger partial charge on any atom is 0.137 e. The Bertz CT molecular complexity index is 633. The van der Waals surface area contributed by atoms with Gasteiger partial charge in [0.1, 0.15) is 9.91 Å². The van der Waals surface area contributed by atoms with Crippen molar-refractivity contribution in [1.82, 2.24) is 5.43 Å². The zero-order chi connectivity index (χ0) is 13.5. The first-order chi connectivity index (χ1) is 9.07. The number of aryl methyl sites for hydroxylation is 1. The number of nitrogens with zero attached hydrogens (tertiary/aromatic N) is 1. The molecule has 1 aliphatic rings. The molecule has 0 fully saturated rings. The average molecular weight is 353 g/mol. The molecule has 0 bridgehead atoms. The summed E-state index contributed by atoms with van der Waals surface area (Å²) in [5.41, 5.74) is 5.70. The van der Waals surface area contributed by atoms with Gasteiger partial charge in [-0.05, 0) is 41.9 Å². The van der Waals surface area contributed by atoms with E-state index in [4.69, 9.17) is 0 Å². The second-order valence-electron chi connectivity index (χ2n) is 4.63. The van der Waals surface area contributed by atoms with E-state index >= 15 is 0 Å². The van der Waals surface area contributed by atoms with Gasteiger partial charge in [-0.2, -0.15) is 5.10 Å². The fraction of sp³-hybridized carbons (Fsp3) is 0.214. The minimum atomic E-state index is -0.170. The molecule has 1 N–H and O–H groups in total. The zero-order valence-corrected chi connectivity index (χ0v) is 13.8. The quantitative estimate of drug-likeness (QED) is 0.847. The van der Waals surface area contributed by atoms with Crippen LogP contribution in [0.15, 0.2) is 45.3 Å². The van der Waals surface area contributed by atoms with Crippen LogP contribution in [0.3, 0.4) is 0 Å². The van der Waals surface area contributed by atoms with Crippen molar-refractivity contribution in [2.24, 2.45) is 5.10 Å². The van der Waals surface area contributed by atoms with Gasteiger partial charge in [-0.3, -0.25) is 5.43 Å². The van der Waals surface area contributed by atoms with Gasteiger partial charge < -0.3 is 0 Å². The summed E-state index contributed by atoms with van der Waals surface area (Å²) in [5, 5.41) is 5.54. The molecule has 1 aromatic heterocycles. The Labute approximate surface area is 129 Å². The molecule has 1 aromatic carbocycles. The normalized spacial score (nSPS) is 22.2. The van der Waals surface area contributed by atoms with Crippen LogP contribution in [0.4, 0.5) is 0 Å². The second-order valence-corrected chi connectivity index (χ2v) is 8.50. The number of rotatable bonds is 2. The van der Waals surface area contributed by atoms with Gasteiger partial charge in [-0.25, -0.2) is 0 Å². The van der Waals surface area contributed by atoms with Crippen LogP contribution < -0.4 is 5.43 Å². The monoisotopic (exact) mass is 352 g/mol. The maximum absolute atomic E-state index is 4.50. The van der Waals surface area contributed by atoms with Gasteiger partial charge >= 0.3 is 0 Å². The van der Waals surface area contributed by atoms with E-state index in [-0.39, 0.29) is 4.87 Å². The number of hydrogen-bond acceptors (Lipinski definition) is 4. The Hall–Kier alpha value is -0.780. The summed E-state index contributed by atoms with van der Waals surface area (Å²) in [6, 6.07) is 12.7.